The number of imidazole rings is 1. The van der Waals surface area contributed by atoms with Gasteiger partial charge in [-0.2, -0.15) is 0 Å². The molecule has 1 aliphatic rings. The number of amides is 1. The molecule has 1 heterocycles. The van der Waals surface area contributed by atoms with E-state index in [4.69, 9.17) is 4.74 Å². The van der Waals surface area contributed by atoms with Gasteiger partial charge in [-0.15, -0.1) is 0 Å². The molecule has 3 aromatic rings. The van der Waals surface area contributed by atoms with Gasteiger partial charge >= 0.3 is 0 Å². The summed E-state index contributed by atoms with van der Waals surface area (Å²) in [6.45, 7) is 10.2. The smallest absolute Gasteiger partial charge is 0.242 e. The van der Waals surface area contributed by atoms with Crippen molar-refractivity contribution < 1.29 is 18.3 Å². The van der Waals surface area contributed by atoms with E-state index in [1.807, 2.05) is 56.7 Å². The highest BCUT2D eigenvalue weighted by Gasteiger charge is 2.27. The maximum Gasteiger partial charge on any atom is 0.242 e. The van der Waals surface area contributed by atoms with E-state index in [0.717, 1.165) is 30.3 Å². The fourth-order valence-electron chi connectivity index (χ4n) is 5.09. The van der Waals surface area contributed by atoms with Gasteiger partial charge in [0.2, 0.25) is 5.91 Å². The number of hydrogen-bond acceptors (Lipinski definition) is 5. The van der Waals surface area contributed by atoms with Crippen LogP contribution in [-0.2, 0) is 28.9 Å². The summed E-state index contributed by atoms with van der Waals surface area (Å²) < 4.78 is 35.7. The summed E-state index contributed by atoms with van der Waals surface area (Å²) >= 11 is 0. The predicted octanol–water partition coefficient (Wildman–Crippen LogP) is 5.31. The minimum atomic E-state index is -0.546. The molecule has 1 unspecified atom stereocenters. The Morgan fingerprint density at radius 2 is 2.02 bits per heavy atom. The van der Waals surface area contributed by atoms with E-state index in [9.17, 15) is 13.6 Å². The topological polar surface area (TPSA) is 80.2 Å². The molecule has 1 aromatic heterocycles. The SMILES string of the molecule is CCCC(N[C@H]1CCc2cc(F)cc(F)c2C1)C(=O)Nc1cn(-c2ccccc2CNCCOC(C)(C)C)cn1. The number of anilines is 1. The second-order valence-electron chi connectivity index (χ2n) is 11.4. The standard InChI is InChI=1S/C31H41F2N5O2/c1-5-8-27(36-24-12-11-21-15-23(32)16-26(33)25(21)17-24)30(39)37-29-19-38(20-35-29)28-10-7-6-9-22(28)18-34-13-14-40-31(2,3)4/h6-7,9-10,15-16,19-20,24,27,34,36H,5,8,11-14,17-18H2,1-4H3,(H,37,39)/t24-,27?/m0/s1. The van der Waals surface area contributed by atoms with Gasteiger partial charge in [0, 0.05) is 25.2 Å². The van der Waals surface area contributed by atoms with Crippen LogP contribution >= 0.6 is 0 Å². The largest absolute Gasteiger partial charge is 0.375 e. The Labute approximate surface area is 235 Å². The number of para-hydroxylation sites is 1. The number of benzene rings is 2. The molecule has 0 spiro atoms. The molecule has 4 rings (SSSR count). The summed E-state index contributed by atoms with van der Waals surface area (Å²) in [5, 5.41) is 9.80. The van der Waals surface area contributed by atoms with E-state index < -0.39 is 17.7 Å². The molecule has 0 saturated heterocycles. The van der Waals surface area contributed by atoms with Gasteiger partial charge in [-0.05, 0) is 75.3 Å². The van der Waals surface area contributed by atoms with Crippen LogP contribution in [0, 0.1) is 11.6 Å². The van der Waals surface area contributed by atoms with Gasteiger partial charge in [-0.3, -0.25) is 4.79 Å². The normalized spacial score (nSPS) is 16.0. The first kappa shape index (κ1) is 29.8. The number of hydrogen-bond donors (Lipinski definition) is 3. The Kier molecular flexibility index (Phi) is 10.1. The number of ether oxygens (including phenoxy) is 1. The Morgan fingerprint density at radius 3 is 2.80 bits per heavy atom. The maximum absolute atomic E-state index is 14.4. The van der Waals surface area contributed by atoms with Crippen molar-refractivity contribution in [3.8, 4) is 5.69 Å². The molecule has 3 N–H and O–H groups in total. The number of carbonyl (C=O) groups is 1. The first-order valence-corrected chi connectivity index (χ1v) is 14.1. The van der Waals surface area contributed by atoms with Crippen molar-refractivity contribution in [3.05, 3.63) is 77.2 Å². The summed E-state index contributed by atoms with van der Waals surface area (Å²) in [6, 6.07) is 9.88. The number of nitrogens with one attached hydrogen (secondary N) is 3. The van der Waals surface area contributed by atoms with E-state index in [1.165, 1.54) is 6.07 Å². The molecule has 0 bridgehead atoms. The zero-order valence-electron chi connectivity index (χ0n) is 23.9. The van der Waals surface area contributed by atoms with Crippen molar-refractivity contribution in [3.63, 3.8) is 0 Å². The van der Waals surface area contributed by atoms with Crippen LogP contribution in [0.1, 0.15) is 63.6 Å². The molecule has 7 nitrogen and oxygen atoms in total. The zero-order chi connectivity index (χ0) is 28.7. The highest BCUT2D eigenvalue weighted by molar-refractivity contribution is 5.94. The lowest BCUT2D eigenvalue weighted by molar-refractivity contribution is -0.118. The van der Waals surface area contributed by atoms with E-state index in [0.29, 0.717) is 55.8 Å². The molecule has 40 heavy (non-hydrogen) atoms. The fourth-order valence-corrected chi connectivity index (χ4v) is 5.09. The number of carbonyl (C=O) groups excluding carboxylic acids is 1. The molecule has 9 heteroatoms. The van der Waals surface area contributed by atoms with Gasteiger partial charge < -0.3 is 25.3 Å². The van der Waals surface area contributed by atoms with Crippen molar-refractivity contribution in [2.45, 2.75) is 84.0 Å². The van der Waals surface area contributed by atoms with Crippen LogP contribution in [0.5, 0.6) is 0 Å². The Balaban J connectivity index is 1.36. The van der Waals surface area contributed by atoms with E-state index in [1.54, 1.807) is 6.33 Å². The lowest BCUT2D eigenvalue weighted by Crippen LogP contribution is -2.48. The molecule has 0 fully saturated rings. The van der Waals surface area contributed by atoms with Crippen molar-refractivity contribution >= 4 is 11.7 Å². The third kappa shape index (κ3) is 8.19. The van der Waals surface area contributed by atoms with Gasteiger partial charge in [0.05, 0.1) is 30.1 Å². The quantitative estimate of drug-likeness (QED) is 0.265. The summed E-state index contributed by atoms with van der Waals surface area (Å²) in [4.78, 5) is 17.7. The lowest BCUT2D eigenvalue weighted by atomic mass is 9.87. The molecular formula is C31H41F2N5O2. The van der Waals surface area contributed by atoms with Crippen molar-refractivity contribution in [1.82, 2.24) is 20.2 Å². The van der Waals surface area contributed by atoms with Gasteiger partial charge in [0.15, 0.2) is 5.82 Å². The van der Waals surface area contributed by atoms with E-state index >= 15 is 0 Å². The third-order valence-corrected chi connectivity index (χ3v) is 7.03. The monoisotopic (exact) mass is 553 g/mol. The predicted molar refractivity (Wildman–Crippen MR) is 154 cm³/mol. The Morgan fingerprint density at radius 1 is 1.23 bits per heavy atom. The van der Waals surface area contributed by atoms with Gasteiger partial charge in [-0.1, -0.05) is 31.5 Å². The minimum absolute atomic E-state index is 0.0690. The number of rotatable bonds is 12. The number of fused-ring (bicyclic) bond motifs is 1. The molecule has 0 radical (unpaired) electrons. The van der Waals surface area contributed by atoms with Crippen LogP contribution < -0.4 is 16.0 Å². The zero-order valence-corrected chi connectivity index (χ0v) is 23.9. The number of aryl methyl sites for hydroxylation is 1. The highest BCUT2D eigenvalue weighted by Crippen LogP contribution is 2.26. The van der Waals surface area contributed by atoms with Gasteiger partial charge in [0.25, 0.3) is 0 Å². The highest BCUT2D eigenvalue weighted by atomic mass is 19.1. The molecule has 0 saturated carbocycles. The van der Waals surface area contributed by atoms with Crippen LogP contribution in [-0.4, -0.2) is 46.3 Å². The van der Waals surface area contributed by atoms with Crippen LogP contribution in [0.2, 0.25) is 0 Å². The number of aromatic nitrogens is 2. The average Bonchev–Trinajstić information content (AvgIpc) is 3.36. The van der Waals surface area contributed by atoms with Crippen LogP contribution in [0.3, 0.4) is 0 Å². The van der Waals surface area contributed by atoms with Crippen molar-refractivity contribution in [2.75, 3.05) is 18.5 Å². The molecular weight excluding hydrogens is 512 g/mol. The summed E-state index contributed by atoms with van der Waals surface area (Å²) in [6.07, 6.45) is 6.66. The minimum Gasteiger partial charge on any atom is -0.375 e. The van der Waals surface area contributed by atoms with Gasteiger partial charge in [0.1, 0.15) is 18.0 Å². The van der Waals surface area contributed by atoms with Crippen LogP contribution in [0.25, 0.3) is 5.69 Å². The lowest BCUT2D eigenvalue weighted by Gasteiger charge is -2.29. The molecule has 1 aliphatic carbocycles. The number of halogens is 2. The second kappa shape index (κ2) is 13.5. The molecule has 2 atom stereocenters. The number of nitrogens with zero attached hydrogens (tertiary/aromatic N) is 2. The molecule has 0 aliphatic heterocycles. The summed E-state index contributed by atoms with van der Waals surface area (Å²) in [5.41, 5.74) is 3.16. The second-order valence-corrected chi connectivity index (χ2v) is 11.4. The van der Waals surface area contributed by atoms with Crippen molar-refractivity contribution in [2.24, 2.45) is 0 Å². The maximum atomic E-state index is 14.4. The van der Waals surface area contributed by atoms with E-state index in [-0.39, 0.29) is 17.6 Å². The first-order chi connectivity index (χ1) is 19.1. The first-order valence-electron chi connectivity index (χ1n) is 14.1. The average molecular weight is 554 g/mol. The van der Waals surface area contributed by atoms with E-state index in [2.05, 4.69) is 27.0 Å². The molecule has 1 amide bonds. The van der Waals surface area contributed by atoms with Crippen molar-refractivity contribution in [1.29, 1.82) is 0 Å². The third-order valence-electron chi connectivity index (χ3n) is 7.03. The summed E-state index contributed by atoms with van der Waals surface area (Å²) in [7, 11) is 0. The van der Waals surface area contributed by atoms with Gasteiger partial charge in [-0.25, -0.2) is 13.8 Å². The Hall–Kier alpha value is -3.14. The summed E-state index contributed by atoms with van der Waals surface area (Å²) in [5.74, 6) is -0.775. The fraction of sp³-hybridized carbons (Fsp3) is 0.484. The molecule has 216 valence electrons. The Bertz CT molecular complexity index is 1290. The van der Waals surface area contributed by atoms with Crippen LogP contribution in [0.15, 0.2) is 48.9 Å². The van der Waals surface area contributed by atoms with Crippen LogP contribution in [0.4, 0.5) is 14.6 Å². The molecule has 2 aromatic carbocycles.